The smallest absolute Gasteiger partial charge is 0.296 e. The second kappa shape index (κ2) is 8.86. The number of hydrogen-bond acceptors (Lipinski definition) is 6. The Labute approximate surface area is 154 Å². The molecule has 0 saturated heterocycles. The quantitative estimate of drug-likeness (QED) is 0.436. The normalized spacial score (nSPS) is 10.1. The second-order valence-electron chi connectivity index (χ2n) is 5.15. The number of benzene rings is 2. The van der Waals surface area contributed by atoms with E-state index >= 15 is 0 Å². The Morgan fingerprint density at radius 2 is 1.88 bits per heavy atom. The molecule has 0 saturated carbocycles. The van der Waals surface area contributed by atoms with Gasteiger partial charge < -0.3 is 15.4 Å². The molecule has 0 aliphatic rings. The molecule has 2 amide bonds. The number of nitrogens with zero attached hydrogens (tertiary/aromatic N) is 1. The maximum atomic E-state index is 12.2. The molecule has 0 spiro atoms. The number of methoxy groups -OCH3 is 1. The lowest BCUT2D eigenvalue weighted by molar-refractivity contribution is -0.384. The average molecular weight is 375 g/mol. The Balaban J connectivity index is 2.06. The van der Waals surface area contributed by atoms with Crippen molar-refractivity contribution in [1.29, 1.82) is 0 Å². The van der Waals surface area contributed by atoms with Crippen molar-refractivity contribution in [3.63, 3.8) is 0 Å². The lowest BCUT2D eigenvalue weighted by Gasteiger charge is -2.10. The van der Waals surface area contributed by atoms with E-state index in [9.17, 15) is 19.7 Å². The largest absolute Gasteiger partial charge is 0.496 e. The van der Waals surface area contributed by atoms with Gasteiger partial charge in [0.05, 0.1) is 29.5 Å². The van der Waals surface area contributed by atoms with Gasteiger partial charge in [0.15, 0.2) is 0 Å². The van der Waals surface area contributed by atoms with Crippen molar-refractivity contribution in [1.82, 2.24) is 0 Å². The fourth-order valence-corrected chi connectivity index (χ4v) is 2.92. The van der Waals surface area contributed by atoms with Crippen LogP contribution in [0.5, 0.6) is 5.75 Å². The fourth-order valence-electron chi connectivity index (χ4n) is 2.11. The van der Waals surface area contributed by atoms with Crippen LogP contribution >= 0.6 is 11.8 Å². The Hall–Kier alpha value is -3.07. The van der Waals surface area contributed by atoms with Crippen molar-refractivity contribution in [2.75, 3.05) is 23.5 Å². The van der Waals surface area contributed by atoms with E-state index in [1.807, 2.05) is 0 Å². The Morgan fingerprint density at radius 1 is 1.15 bits per heavy atom. The van der Waals surface area contributed by atoms with Crippen LogP contribution < -0.4 is 15.4 Å². The number of nitro benzene ring substituents is 1. The lowest BCUT2D eigenvalue weighted by atomic mass is 10.2. The lowest BCUT2D eigenvalue weighted by Crippen LogP contribution is -2.15. The molecule has 2 rings (SSSR count). The Kier molecular flexibility index (Phi) is 6.56. The highest BCUT2D eigenvalue weighted by molar-refractivity contribution is 8.00. The van der Waals surface area contributed by atoms with E-state index in [2.05, 4.69) is 10.6 Å². The molecule has 136 valence electrons. The van der Waals surface area contributed by atoms with Crippen molar-refractivity contribution in [2.24, 2.45) is 0 Å². The molecule has 0 unspecified atom stereocenters. The molecule has 0 fully saturated rings. The number of nitrogens with one attached hydrogen (secondary N) is 2. The molecule has 2 aromatic rings. The SMILES string of the molecule is COc1ccc(NC(=O)CSc2ccccc2NC(C)=O)c([N+](=O)[O-])c1. The molecule has 9 heteroatoms. The van der Waals surface area contributed by atoms with E-state index in [4.69, 9.17) is 4.74 Å². The summed E-state index contributed by atoms with van der Waals surface area (Å²) < 4.78 is 4.96. The summed E-state index contributed by atoms with van der Waals surface area (Å²) in [5.74, 6) is -0.259. The van der Waals surface area contributed by atoms with Gasteiger partial charge >= 0.3 is 0 Å². The van der Waals surface area contributed by atoms with Gasteiger partial charge in [0.2, 0.25) is 11.8 Å². The molecule has 0 heterocycles. The van der Waals surface area contributed by atoms with Crippen LogP contribution in [0.1, 0.15) is 6.92 Å². The van der Waals surface area contributed by atoms with E-state index in [1.54, 1.807) is 24.3 Å². The molecular weight excluding hydrogens is 358 g/mol. The first-order chi connectivity index (χ1) is 12.4. The Bertz CT molecular complexity index is 841. The highest BCUT2D eigenvalue weighted by Crippen LogP contribution is 2.30. The topological polar surface area (TPSA) is 111 Å². The molecule has 0 atom stereocenters. The van der Waals surface area contributed by atoms with Gasteiger partial charge in [-0.05, 0) is 24.3 Å². The number of hydrogen-bond donors (Lipinski definition) is 2. The molecule has 2 N–H and O–H groups in total. The molecule has 26 heavy (non-hydrogen) atoms. The number of para-hydroxylation sites is 1. The van der Waals surface area contributed by atoms with Crippen LogP contribution in [0.2, 0.25) is 0 Å². The molecule has 0 aromatic heterocycles. The summed E-state index contributed by atoms with van der Waals surface area (Å²) in [6.45, 7) is 1.40. The van der Waals surface area contributed by atoms with Gasteiger partial charge in [-0.2, -0.15) is 0 Å². The number of carbonyl (C=O) groups excluding carboxylic acids is 2. The maximum absolute atomic E-state index is 12.2. The first kappa shape index (κ1) is 19.3. The third-order valence-corrected chi connectivity index (χ3v) is 4.31. The average Bonchev–Trinajstić information content (AvgIpc) is 2.60. The van der Waals surface area contributed by atoms with Crippen LogP contribution in [0.3, 0.4) is 0 Å². The molecule has 0 radical (unpaired) electrons. The first-order valence-electron chi connectivity index (χ1n) is 7.52. The van der Waals surface area contributed by atoms with Crippen LogP contribution in [0.4, 0.5) is 17.1 Å². The third kappa shape index (κ3) is 5.21. The van der Waals surface area contributed by atoms with Gasteiger partial charge in [-0.3, -0.25) is 19.7 Å². The third-order valence-electron chi connectivity index (χ3n) is 3.23. The maximum Gasteiger partial charge on any atom is 0.296 e. The van der Waals surface area contributed by atoms with E-state index in [0.717, 1.165) is 4.90 Å². The highest BCUT2D eigenvalue weighted by Gasteiger charge is 2.17. The Morgan fingerprint density at radius 3 is 2.54 bits per heavy atom. The summed E-state index contributed by atoms with van der Waals surface area (Å²) in [5, 5.41) is 16.4. The molecular formula is C17H17N3O5S. The van der Waals surface area contributed by atoms with Gasteiger partial charge in [0, 0.05) is 11.8 Å². The number of carbonyl (C=O) groups is 2. The zero-order valence-electron chi connectivity index (χ0n) is 14.1. The van der Waals surface area contributed by atoms with Crippen molar-refractivity contribution >= 4 is 40.6 Å². The van der Waals surface area contributed by atoms with Gasteiger partial charge in [0.1, 0.15) is 11.4 Å². The number of amides is 2. The summed E-state index contributed by atoms with van der Waals surface area (Å²) in [4.78, 5) is 34.7. The zero-order valence-corrected chi connectivity index (χ0v) is 15.0. The monoisotopic (exact) mass is 375 g/mol. The number of nitro groups is 1. The van der Waals surface area contributed by atoms with Crippen LogP contribution in [0, 0.1) is 10.1 Å². The van der Waals surface area contributed by atoms with E-state index in [-0.39, 0.29) is 23.0 Å². The van der Waals surface area contributed by atoms with Gasteiger partial charge in [0.25, 0.3) is 5.69 Å². The number of anilines is 2. The van der Waals surface area contributed by atoms with E-state index in [1.165, 1.54) is 44.0 Å². The summed E-state index contributed by atoms with van der Waals surface area (Å²) in [7, 11) is 1.40. The van der Waals surface area contributed by atoms with Crippen LogP contribution in [0.15, 0.2) is 47.4 Å². The number of rotatable bonds is 7. The summed E-state index contributed by atoms with van der Waals surface area (Å²) in [6.07, 6.45) is 0. The van der Waals surface area contributed by atoms with E-state index < -0.39 is 10.8 Å². The van der Waals surface area contributed by atoms with Gasteiger partial charge in [-0.15, -0.1) is 11.8 Å². The van der Waals surface area contributed by atoms with Crippen molar-refractivity contribution in [3.8, 4) is 5.75 Å². The van der Waals surface area contributed by atoms with Crippen molar-refractivity contribution in [2.45, 2.75) is 11.8 Å². The predicted octanol–water partition coefficient (Wildman–Crippen LogP) is 3.29. The minimum absolute atomic E-state index is 0.0276. The molecule has 2 aromatic carbocycles. The fraction of sp³-hybridized carbons (Fsp3) is 0.176. The van der Waals surface area contributed by atoms with Crippen molar-refractivity contribution < 1.29 is 19.2 Å². The summed E-state index contributed by atoms with van der Waals surface area (Å²) in [6, 6.07) is 11.3. The molecule has 0 bridgehead atoms. The summed E-state index contributed by atoms with van der Waals surface area (Å²) in [5.41, 5.74) is 0.450. The number of thioether (sulfide) groups is 1. The zero-order chi connectivity index (χ0) is 19.1. The minimum Gasteiger partial charge on any atom is -0.496 e. The molecule has 0 aliphatic heterocycles. The molecule has 0 aliphatic carbocycles. The first-order valence-corrected chi connectivity index (χ1v) is 8.51. The van der Waals surface area contributed by atoms with E-state index in [0.29, 0.717) is 11.4 Å². The highest BCUT2D eigenvalue weighted by atomic mass is 32.2. The van der Waals surface area contributed by atoms with Gasteiger partial charge in [-0.25, -0.2) is 0 Å². The second-order valence-corrected chi connectivity index (χ2v) is 6.17. The summed E-state index contributed by atoms with van der Waals surface area (Å²) >= 11 is 1.22. The van der Waals surface area contributed by atoms with Crippen LogP contribution in [-0.4, -0.2) is 29.6 Å². The number of ether oxygens (including phenoxy) is 1. The van der Waals surface area contributed by atoms with Crippen LogP contribution in [-0.2, 0) is 9.59 Å². The van der Waals surface area contributed by atoms with Crippen LogP contribution in [0.25, 0.3) is 0 Å². The predicted molar refractivity (Wildman–Crippen MR) is 99.7 cm³/mol. The van der Waals surface area contributed by atoms with Crippen molar-refractivity contribution in [3.05, 3.63) is 52.6 Å². The molecule has 8 nitrogen and oxygen atoms in total. The van der Waals surface area contributed by atoms with Gasteiger partial charge in [-0.1, -0.05) is 12.1 Å². The standard InChI is InChI=1S/C17H17N3O5S/c1-11(21)18-14-5-3-4-6-16(14)26-10-17(22)19-13-8-7-12(25-2)9-15(13)20(23)24/h3-9H,10H2,1-2H3,(H,18,21)(H,19,22). The minimum atomic E-state index is -0.586.